The molecule has 4 N–H and O–H groups in total. The Morgan fingerprint density at radius 3 is 2.80 bits per heavy atom. The summed E-state index contributed by atoms with van der Waals surface area (Å²) in [7, 11) is 1.54. The zero-order valence-electron chi connectivity index (χ0n) is 11.8. The van der Waals surface area contributed by atoms with E-state index in [1.807, 2.05) is 6.92 Å². The van der Waals surface area contributed by atoms with Crippen molar-refractivity contribution in [1.29, 1.82) is 0 Å². The molecule has 0 aromatic heterocycles. The Hall–Kier alpha value is -2.08. The molecule has 0 unspecified atom stereocenters. The highest BCUT2D eigenvalue weighted by molar-refractivity contribution is 5.94. The van der Waals surface area contributed by atoms with Gasteiger partial charge in [0.25, 0.3) is 5.91 Å². The van der Waals surface area contributed by atoms with E-state index in [1.54, 1.807) is 24.3 Å². The van der Waals surface area contributed by atoms with Crippen LogP contribution in [0.3, 0.4) is 0 Å². The highest BCUT2D eigenvalue weighted by atomic mass is 16.5. The van der Waals surface area contributed by atoms with Gasteiger partial charge in [-0.1, -0.05) is 19.4 Å². The fourth-order valence-electron chi connectivity index (χ4n) is 1.56. The summed E-state index contributed by atoms with van der Waals surface area (Å²) in [6.45, 7) is 1.91. The Labute approximate surface area is 118 Å². The van der Waals surface area contributed by atoms with Gasteiger partial charge in [-0.3, -0.25) is 9.59 Å². The van der Waals surface area contributed by atoms with Crippen LogP contribution >= 0.6 is 0 Å². The molecule has 0 spiro atoms. The maximum atomic E-state index is 11.8. The molecular weight excluding hydrogens is 258 g/mol. The Kier molecular flexibility index (Phi) is 6.52. The lowest BCUT2D eigenvalue weighted by Crippen LogP contribution is -2.35. The van der Waals surface area contributed by atoms with E-state index in [0.29, 0.717) is 17.9 Å². The van der Waals surface area contributed by atoms with Crippen LogP contribution in [0.2, 0.25) is 0 Å². The van der Waals surface area contributed by atoms with E-state index in [9.17, 15) is 9.59 Å². The van der Waals surface area contributed by atoms with E-state index >= 15 is 0 Å². The molecule has 0 saturated carbocycles. The summed E-state index contributed by atoms with van der Waals surface area (Å²) in [5, 5.41) is 5.18. The summed E-state index contributed by atoms with van der Waals surface area (Å²) in [6.07, 6.45) is 1.49. The van der Waals surface area contributed by atoms with Crippen molar-refractivity contribution in [2.24, 2.45) is 5.73 Å². The molecule has 0 aliphatic rings. The molecule has 20 heavy (non-hydrogen) atoms. The van der Waals surface area contributed by atoms with Gasteiger partial charge in [0.1, 0.15) is 5.75 Å². The molecule has 2 amide bonds. The van der Waals surface area contributed by atoms with Crippen molar-refractivity contribution in [3.8, 4) is 5.75 Å². The normalized spacial score (nSPS) is 11.6. The summed E-state index contributed by atoms with van der Waals surface area (Å²) >= 11 is 0. The van der Waals surface area contributed by atoms with E-state index in [1.165, 1.54) is 7.05 Å². The molecule has 0 aliphatic carbocycles. The third-order valence-corrected chi connectivity index (χ3v) is 2.69. The number of likely N-dealkylation sites (N-methyl/N-ethyl adjacent to an activating group) is 1. The maximum Gasteiger partial charge on any atom is 0.257 e. The number of carbonyl (C=O) groups excluding carboxylic acids is 2. The van der Waals surface area contributed by atoms with Gasteiger partial charge in [0.05, 0.1) is 6.04 Å². The second-order valence-electron chi connectivity index (χ2n) is 4.37. The first-order valence-corrected chi connectivity index (χ1v) is 6.56. The topological polar surface area (TPSA) is 93.5 Å². The van der Waals surface area contributed by atoms with Gasteiger partial charge in [0, 0.05) is 18.8 Å². The minimum atomic E-state index is -0.518. The molecule has 110 valence electrons. The van der Waals surface area contributed by atoms with Crippen LogP contribution < -0.4 is 21.1 Å². The van der Waals surface area contributed by atoms with Gasteiger partial charge in [0.2, 0.25) is 5.91 Å². The van der Waals surface area contributed by atoms with Crippen molar-refractivity contribution in [1.82, 2.24) is 5.32 Å². The van der Waals surface area contributed by atoms with Crippen LogP contribution in [0.4, 0.5) is 5.69 Å². The van der Waals surface area contributed by atoms with Crippen LogP contribution in [0, 0.1) is 0 Å². The molecule has 6 nitrogen and oxygen atoms in total. The van der Waals surface area contributed by atoms with Gasteiger partial charge in [-0.2, -0.15) is 0 Å². The molecule has 6 heteroatoms. The lowest BCUT2D eigenvalue weighted by atomic mass is 10.1. The SMILES string of the molecule is CCC[C@H](N)C(=O)Nc1cccc(OCC(=O)NC)c1. The molecule has 0 bridgehead atoms. The van der Waals surface area contributed by atoms with Crippen LogP contribution in [-0.2, 0) is 9.59 Å². The van der Waals surface area contributed by atoms with Gasteiger partial charge in [-0.05, 0) is 18.6 Å². The quantitative estimate of drug-likeness (QED) is 0.690. The van der Waals surface area contributed by atoms with E-state index in [-0.39, 0.29) is 18.4 Å². The number of hydrogen-bond acceptors (Lipinski definition) is 4. The minimum Gasteiger partial charge on any atom is -0.484 e. The summed E-state index contributed by atoms with van der Waals surface area (Å²) in [6, 6.07) is 6.32. The Morgan fingerprint density at radius 2 is 2.15 bits per heavy atom. The number of nitrogens with one attached hydrogen (secondary N) is 2. The predicted octanol–water partition coefficient (Wildman–Crippen LogP) is 0.877. The largest absolute Gasteiger partial charge is 0.484 e. The number of nitrogens with two attached hydrogens (primary N) is 1. The highest BCUT2D eigenvalue weighted by Crippen LogP contribution is 2.17. The summed E-state index contributed by atoms with van der Waals surface area (Å²) in [5.41, 5.74) is 6.33. The third kappa shape index (κ3) is 5.27. The first kappa shape index (κ1) is 16.0. The van der Waals surface area contributed by atoms with Crippen LogP contribution in [0.5, 0.6) is 5.75 Å². The van der Waals surface area contributed by atoms with E-state index in [2.05, 4.69) is 10.6 Å². The van der Waals surface area contributed by atoms with E-state index < -0.39 is 6.04 Å². The van der Waals surface area contributed by atoms with Gasteiger partial charge in [-0.15, -0.1) is 0 Å². The smallest absolute Gasteiger partial charge is 0.257 e. The number of benzene rings is 1. The van der Waals surface area contributed by atoms with E-state index in [0.717, 1.165) is 6.42 Å². The summed E-state index contributed by atoms with van der Waals surface area (Å²) < 4.78 is 5.29. The zero-order chi connectivity index (χ0) is 15.0. The number of rotatable bonds is 7. The number of amides is 2. The number of ether oxygens (including phenoxy) is 1. The fraction of sp³-hybridized carbons (Fsp3) is 0.429. The van der Waals surface area contributed by atoms with Crippen molar-refractivity contribution in [2.45, 2.75) is 25.8 Å². The second kappa shape index (κ2) is 8.16. The highest BCUT2D eigenvalue weighted by Gasteiger charge is 2.12. The lowest BCUT2D eigenvalue weighted by Gasteiger charge is -2.12. The lowest BCUT2D eigenvalue weighted by molar-refractivity contribution is -0.122. The van der Waals surface area contributed by atoms with Crippen molar-refractivity contribution in [3.05, 3.63) is 24.3 Å². The average Bonchev–Trinajstić information content (AvgIpc) is 2.45. The molecule has 1 aromatic rings. The van der Waals surface area contributed by atoms with Crippen LogP contribution in [-0.4, -0.2) is 31.5 Å². The maximum absolute atomic E-state index is 11.8. The van der Waals surface area contributed by atoms with E-state index in [4.69, 9.17) is 10.5 Å². The van der Waals surface area contributed by atoms with Crippen molar-refractivity contribution in [3.63, 3.8) is 0 Å². The molecule has 1 atom stereocenters. The van der Waals surface area contributed by atoms with Gasteiger partial charge < -0.3 is 21.1 Å². The first-order chi connectivity index (χ1) is 9.56. The monoisotopic (exact) mass is 279 g/mol. The molecule has 0 aliphatic heterocycles. The van der Waals surface area contributed by atoms with Gasteiger partial charge in [0.15, 0.2) is 6.61 Å². The minimum absolute atomic E-state index is 0.0662. The molecule has 1 aromatic carbocycles. The fourth-order valence-corrected chi connectivity index (χ4v) is 1.56. The number of carbonyl (C=O) groups is 2. The number of anilines is 1. The predicted molar refractivity (Wildman–Crippen MR) is 77.5 cm³/mol. The molecule has 0 fully saturated rings. The molecule has 0 heterocycles. The van der Waals surface area contributed by atoms with Crippen molar-refractivity contribution >= 4 is 17.5 Å². The van der Waals surface area contributed by atoms with Crippen LogP contribution in [0.1, 0.15) is 19.8 Å². The molecule has 0 radical (unpaired) electrons. The molecular formula is C14H21N3O3. The Bertz CT molecular complexity index is 463. The number of hydrogen-bond donors (Lipinski definition) is 3. The van der Waals surface area contributed by atoms with Gasteiger partial charge in [-0.25, -0.2) is 0 Å². The second-order valence-corrected chi connectivity index (χ2v) is 4.37. The summed E-state index contributed by atoms with van der Waals surface area (Å²) in [4.78, 5) is 22.9. The Morgan fingerprint density at radius 1 is 1.40 bits per heavy atom. The van der Waals surface area contributed by atoms with Crippen molar-refractivity contribution < 1.29 is 14.3 Å². The summed E-state index contributed by atoms with van der Waals surface area (Å²) in [5.74, 6) is 0.0650. The Balaban J connectivity index is 2.59. The average molecular weight is 279 g/mol. The van der Waals surface area contributed by atoms with Crippen LogP contribution in [0.25, 0.3) is 0 Å². The molecule has 0 saturated heterocycles. The van der Waals surface area contributed by atoms with Crippen molar-refractivity contribution in [2.75, 3.05) is 19.0 Å². The first-order valence-electron chi connectivity index (χ1n) is 6.56. The molecule has 1 rings (SSSR count). The standard InChI is InChI=1S/C14H21N3O3/c1-3-5-12(15)14(19)17-10-6-4-7-11(8-10)20-9-13(18)16-2/h4,6-8,12H,3,5,9,15H2,1-2H3,(H,16,18)(H,17,19)/t12-/m0/s1. The third-order valence-electron chi connectivity index (χ3n) is 2.69. The van der Waals surface area contributed by atoms with Crippen LogP contribution in [0.15, 0.2) is 24.3 Å². The van der Waals surface area contributed by atoms with Gasteiger partial charge >= 0.3 is 0 Å². The zero-order valence-corrected chi connectivity index (χ0v) is 11.8.